The Labute approximate surface area is 131 Å². The summed E-state index contributed by atoms with van der Waals surface area (Å²) in [7, 11) is 0. The van der Waals surface area contributed by atoms with E-state index in [0.717, 1.165) is 41.7 Å². The van der Waals surface area contributed by atoms with Gasteiger partial charge < -0.3 is 9.88 Å². The van der Waals surface area contributed by atoms with Gasteiger partial charge in [-0.1, -0.05) is 25.4 Å². The van der Waals surface area contributed by atoms with Crippen molar-refractivity contribution >= 4 is 11.6 Å². The lowest BCUT2D eigenvalue weighted by atomic mass is 10.2. The first-order valence-electron chi connectivity index (χ1n) is 7.44. The normalized spacial score (nSPS) is 11.5. The minimum Gasteiger partial charge on any atom is -0.331 e. The third-order valence-corrected chi connectivity index (χ3v) is 3.82. The van der Waals surface area contributed by atoms with Gasteiger partial charge in [0.05, 0.1) is 35.0 Å². The quantitative estimate of drug-likeness (QED) is 0.855. The van der Waals surface area contributed by atoms with Gasteiger partial charge in [0, 0.05) is 19.3 Å². The van der Waals surface area contributed by atoms with Crippen molar-refractivity contribution in [2.24, 2.45) is 5.92 Å². The van der Waals surface area contributed by atoms with Gasteiger partial charge in [-0.05, 0) is 26.3 Å². The molecule has 116 valence electrons. The summed E-state index contributed by atoms with van der Waals surface area (Å²) in [5.41, 5.74) is 2.97. The summed E-state index contributed by atoms with van der Waals surface area (Å²) in [5, 5.41) is 8.59. The molecule has 0 atom stereocenters. The molecule has 0 bridgehead atoms. The Hall–Kier alpha value is -1.33. The van der Waals surface area contributed by atoms with E-state index >= 15 is 0 Å². The molecule has 2 aromatic rings. The lowest BCUT2D eigenvalue weighted by Crippen LogP contribution is -2.19. The molecule has 0 unspecified atom stereocenters. The molecule has 1 N–H and O–H groups in total. The third-order valence-electron chi connectivity index (χ3n) is 3.33. The minimum atomic E-state index is 0.646. The molecule has 2 aromatic heterocycles. The first-order chi connectivity index (χ1) is 10.0. The van der Waals surface area contributed by atoms with Crippen LogP contribution in [-0.4, -0.2) is 25.9 Å². The number of nitrogens with one attached hydrogen (secondary N) is 1. The highest BCUT2D eigenvalue weighted by Crippen LogP contribution is 2.21. The van der Waals surface area contributed by atoms with Crippen molar-refractivity contribution in [3.05, 3.63) is 34.6 Å². The number of imidazole rings is 1. The maximum atomic E-state index is 6.34. The number of aryl methyl sites for hydroxylation is 2. The SMILES string of the molecule is CCn1nc(C)c(Cl)c1Cn1cnc(CNCC(C)C)c1. The van der Waals surface area contributed by atoms with Crippen LogP contribution in [0, 0.1) is 12.8 Å². The molecule has 0 fully saturated rings. The predicted octanol–water partition coefficient (Wildman–Crippen LogP) is 2.86. The zero-order valence-corrected chi connectivity index (χ0v) is 14.0. The average molecular weight is 310 g/mol. The number of hydrogen-bond donors (Lipinski definition) is 1. The Bertz CT molecular complexity index is 585. The van der Waals surface area contributed by atoms with Crippen LogP contribution >= 0.6 is 11.6 Å². The van der Waals surface area contributed by atoms with Gasteiger partial charge in [-0.25, -0.2) is 4.98 Å². The van der Waals surface area contributed by atoms with Crippen LogP contribution < -0.4 is 5.32 Å². The van der Waals surface area contributed by atoms with Gasteiger partial charge in [-0.3, -0.25) is 4.68 Å². The number of halogens is 1. The van der Waals surface area contributed by atoms with Crippen LogP contribution in [0.5, 0.6) is 0 Å². The van der Waals surface area contributed by atoms with Crippen LogP contribution in [0.25, 0.3) is 0 Å². The van der Waals surface area contributed by atoms with Crippen molar-refractivity contribution in [1.82, 2.24) is 24.6 Å². The van der Waals surface area contributed by atoms with Crippen molar-refractivity contribution in [1.29, 1.82) is 0 Å². The van der Waals surface area contributed by atoms with E-state index in [4.69, 9.17) is 11.6 Å². The van der Waals surface area contributed by atoms with Crippen molar-refractivity contribution in [2.75, 3.05) is 6.54 Å². The molecule has 2 rings (SSSR count). The highest BCUT2D eigenvalue weighted by Gasteiger charge is 2.13. The van der Waals surface area contributed by atoms with Gasteiger partial charge in [0.25, 0.3) is 0 Å². The summed E-state index contributed by atoms with van der Waals surface area (Å²) >= 11 is 6.34. The van der Waals surface area contributed by atoms with Gasteiger partial charge in [0.1, 0.15) is 0 Å². The number of rotatable bonds is 7. The first kappa shape index (κ1) is 16.0. The van der Waals surface area contributed by atoms with Gasteiger partial charge in [0.15, 0.2) is 0 Å². The zero-order valence-electron chi connectivity index (χ0n) is 13.2. The van der Waals surface area contributed by atoms with E-state index in [2.05, 4.69) is 46.9 Å². The van der Waals surface area contributed by atoms with E-state index in [1.807, 2.05) is 17.9 Å². The Morgan fingerprint density at radius 3 is 2.81 bits per heavy atom. The van der Waals surface area contributed by atoms with Crippen LogP contribution in [0.1, 0.15) is 37.9 Å². The summed E-state index contributed by atoms with van der Waals surface area (Å²) in [5.74, 6) is 0.646. The van der Waals surface area contributed by atoms with Crippen molar-refractivity contribution in [2.45, 2.75) is 47.3 Å². The number of hydrogen-bond acceptors (Lipinski definition) is 3. The molecule has 0 aliphatic heterocycles. The maximum Gasteiger partial charge on any atom is 0.0953 e. The molecule has 0 saturated carbocycles. The molecule has 6 heteroatoms. The second-order valence-corrected chi connectivity index (χ2v) is 6.10. The molecule has 0 aromatic carbocycles. The summed E-state index contributed by atoms with van der Waals surface area (Å²) in [6.07, 6.45) is 3.91. The largest absolute Gasteiger partial charge is 0.331 e. The second kappa shape index (κ2) is 7.09. The van der Waals surface area contributed by atoms with Gasteiger partial charge >= 0.3 is 0 Å². The van der Waals surface area contributed by atoms with Crippen LogP contribution in [0.15, 0.2) is 12.5 Å². The Morgan fingerprint density at radius 1 is 1.38 bits per heavy atom. The summed E-state index contributed by atoms with van der Waals surface area (Å²) in [4.78, 5) is 4.43. The van der Waals surface area contributed by atoms with Crippen LogP contribution in [0.2, 0.25) is 5.02 Å². The maximum absolute atomic E-state index is 6.34. The molecule has 21 heavy (non-hydrogen) atoms. The van der Waals surface area contributed by atoms with Crippen molar-refractivity contribution in [3.8, 4) is 0 Å². The molecule has 0 aliphatic carbocycles. The van der Waals surface area contributed by atoms with E-state index in [1.54, 1.807) is 0 Å². The highest BCUT2D eigenvalue weighted by molar-refractivity contribution is 6.31. The zero-order chi connectivity index (χ0) is 15.4. The van der Waals surface area contributed by atoms with E-state index in [0.29, 0.717) is 12.5 Å². The highest BCUT2D eigenvalue weighted by atomic mass is 35.5. The Balaban J connectivity index is 2.02. The van der Waals surface area contributed by atoms with E-state index in [1.165, 1.54) is 0 Å². The topological polar surface area (TPSA) is 47.7 Å². The summed E-state index contributed by atoms with van der Waals surface area (Å²) in [6, 6.07) is 0. The summed E-state index contributed by atoms with van der Waals surface area (Å²) in [6.45, 7) is 11.7. The van der Waals surface area contributed by atoms with E-state index < -0.39 is 0 Å². The van der Waals surface area contributed by atoms with E-state index in [9.17, 15) is 0 Å². The van der Waals surface area contributed by atoms with Crippen LogP contribution in [-0.2, 0) is 19.6 Å². The molecule has 0 saturated heterocycles. The molecule has 0 amide bonds. The predicted molar refractivity (Wildman–Crippen MR) is 85.5 cm³/mol. The number of aromatic nitrogens is 4. The molecule has 0 aliphatic rings. The smallest absolute Gasteiger partial charge is 0.0953 e. The molecule has 0 radical (unpaired) electrons. The monoisotopic (exact) mass is 309 g/mol. The Kier molecular flexibility index (Phi) is 5.42. The lowest BCUT2D eigenvalue weighted by Gasteiger charge is -2.06. The average Bonchev–Trinajstić information content (AvgIpc) is 2.98. The first-order valence-corrected chi connectivity index (χ1v) is 7.82. The molecule has 0 spiro atoms. The van der Waals surface area contributed by atoms with Gasteiger partial charge in [0.2, 0.25) is 0 Å². The molecular formula is C15H24ClN5. The Morgan fingerprint density at radius 2 is 2.14 bits per heavy atom. The molecular weight excluding hydrogens is 286 g/mol. The third kappa shape index (κ3) is 4.08. The molecule has 2 heterocycles. The number of nitrogens with zero attached hydrogens (tertiary/aromatic N) is 4. The fourth-order valence-corrected chi connectivity index (χ4v) is 2.46. The lowest BCUT2D eigenvalue weighted by molar-refractivity contribution is 0.548. The fraction of sp³-hybridized carbons (Fsp3) is 0.600. The van der Waals surface area contributed by atoms with E-state index in [-0.39, 0.29) is 0 Å². The standard InChI is InChI=1S/C15H24ClN5/c1-5-21-14(15(16)12(4)19-21)9-20-8-13(18-10-20)7-17-6-11(2)3/h8,10-11,17H,5-7,9H2,1-4H3. The van der Waals surface area contributed by atoms with Gasteiger partial charge in [-0.15, -0.1) is 0 Å². The van der Waals surface area contributed by atoms with Gasteiger partial charge in [-0.2, -0.15) is 5.10 Å². The van der Waals surface area contributed by atoms with Crippen molar-refractivity contribution in [3.63, 3.8) is 0 Å². The second-order valence-electron chi connectivity index (χ2n) is 5.72. The summed E-state index contributed by atoms with van der Waals surface area (Å²) < 4.78 is 4.01. The van der Waals surface area contributed by atoms with Crippen molar-refractivity contribution < 1.29 is 0 Å². The van der Waals surface area contributed by atoms with Crippen LogP contribution in [0.3, 0.4) is 0 Å². The molecule has 5 nitrogen and oxygen atoms in total. The minimum absolute atomic E-state index is 0.646. The van der Waals surface area contributed by atoms with Crippen LogP contribution in [0.4, 0.5) is 0 Å². The fourth-order valence-electron chi connectivity index (χ4n) is 2.27.